The molecule has 6 heteroatoms. The zero-order valence-corrected chi connectivity index (χ0v) is 13.2. The topological polar surface area (TPSA) is 59.9 Å². The highest BCUT2D eigenvalue weighted by Crippen LogP contribution is 2.25. The van der Waals surface area contributed by atoms with Crippen molar-refractivity contribution in [3.63, 3.8) is 0 Å². The average molecular weight is 328 g/mol. The number of benzene rings is 2. The van der Waals surface area contributed by atoms with Gasteiger partial charge in [-0.05, 0) is 36.8 Å². The maximum absolute atomic E-state index is 13.0. The van der Waals surface area contributed by atoms with Crippen molar-refractivity contribution >= 4 is 17.3 Å². The van der Waals surface area contributed by atoms with Crippen LogP contribution in [-0.2, 0) is 9.63 Å². The van der Waals surface area contributed by atoms with Gasteiger partial charge in [0.15, 0.2) is 0 Å². The van der Waals surface area contributed by atoms with Crippen LogP contribution in [-0.4, -0.2) is 24.3 Å². The summed E-state index contributed by atoms with van der Waals surface area (Å²) in [6.07, 6.45) is -0.395. The van der Waals surface area contributed by atoms with E-state index >= 15 is 0 Å². The van der Waals surface area contributed by atoms with Crippen LogP contribution in [0.2, 0.25) is 0 Å². The molecule has 1 atom stereocenters. The Labute approximate surface area is 139 Å². The molecule has 2 aromatic carbocycles. The Morgan fingerprint density at radius 1 is 1.29 bits per heavy atom. The third kappa shape index (κ3) is 3.53. The van der Waals surface area contributed by atoms with Gasteiger partial charge in [0.25, 0.3) is 5.91 Å². The second-order valence-corrected chi connectivity index (χ2v) is 5.26. The van der Waals surface area contributed by atoms with Crippen molar-refractivity contribution in [1.29, 1.82) is 0 Å². The lowest BCUT2D eigenvalue weighted by Gasteiger charge is -2.13. The van der Waals surface area contributed by atoms with E-state index in [9.17, 15) is 9.18 Å². The Morgan fingerprint density at radius 2 is 2.04 bits per heavy atom. The van der Waals surface area contributed by atoms with Crippen molar-refractivity contribution < 1.29 is 18.8 Å². The molecule has 1 heterocycles. The normalized spacial score (nSPS) is 16.2. The van der Waals surface area contributed by atoms with Crippen LogP contribution in [0.3, 0.4) is 0 Å². The number of anilines is 1. The van der Waals surface area contributed by atoms with E-state index in [1.165, 1.54) is 12.1 Å². The number of amides is 1. The number of hydrogen-bond acceptors (Lipinski definition) is 4. The summed E-state index contributed by atoms with van der Waals surface area (Å²) in [5.41, 5.74) is 1.94. The van der Waals surface area contributed by atoms with Gasteiger partial charge in [0.2, 0.25) is 6.10 Å². The van der Waals surface area contributed by atoms with Crippen LogP contribution < -0.4 is 10.1 Å². The van der Waals surface area contributed by atoms with E-state index in [-0.39, 0.29) is 11.7 Å². The number of ether oxygens (including phenoxy) is 1. The predicted molar refractivity (Wildman–Crippen MR) is 88.7 cm³/mol. The van der Waals surface area contributed by atoms with Gasteiger partial charge in [0.1, 0.15) is 11.6 Å². The molecule has 24 heavy (non-hydrogen) atoms. The molecule has 0 bridgehead atoms. The van der Waals surface area contributed by atoms with Gasteiger partial charge < -0.3 is 14.9 Å². The fraction of sp³-hybridized carbons (Fsp3) is 0.222. The standard InChI is InChI=1S/C18H17FN2O3/c1-2-23-16-6-4-3-5-14(16)20-18(22)17-11-15(21-24-17)12-7-9-13(19)10-8-12/h3-10,17H,2,11H2,1H3,(H,20,22)/t17-/m1/s1. The number of carbonyl (C=O) groups excluding carboxylic acids is 1. The molecule has 1 amide bonds. The van der Waals surface area contributed by atoms with E-state index < -0.39 is 6.10 Å². The maximum atomic E-state index is 13.0. The SMILES string of the molecule is CCOc1ccccc1NC(=O)[C@H]1CC(c2ccc(F)cc2)=NO1. The fourth-order valence-electron chi connectivity index (χ4n) is 2.40. The zero-order chi connectivity index (χ0) is 16.9. The van der Waals surface area contributed by atoms with Crippen LogP contribution in [0.5, 0.6) is 5.75 Å². The molecule has 0 saturated heterocycles. The highest BCUT2D eigenvalue weighted by molar-refractivity contribution is 6.06. The van der Waals surface area contributed by atoms with Gasteiger partial charge in [-0.15, -0.1) is 0 Å². The van der Waals surface area contributed by atoms with Gasteiger partial charge in [-0.3, -0.25) is 4.79 Å². The minimum absolute atomic E-state index is 0.303. The maximum Gasteiger partial charge on any atom is 0.268 e. The van der Waals surface area contributed by atoms with Crippen molar-refractivity contribution in [1.82, 2.24) is 0 Å². The van der Waals surface area contributed by atoms with Crippen LogP contribution in [0.25, 0.3) is 0 Å². The van der Waals surface area contributed by atoms with E-state index in [2.05, 4.69) is 10.5 Å². The van der Waals surface area contributed by atoms with Gasteiger partial charge in [0.05, 0.1) is 18.0 Å². The Morgan fingerprint density at radius 3 is 2.79 bits per heavy atom. The quantitative estimate of drug-likeness (QED) is 0.915. The monoisotopic (exact) mass is 328 g/mol. The first-order valence-corrected chi connectivity index (χ1v) is 7.68. The largest absolute Gasteiger partial charge is 0.492 e. The van der Waals surface area contributed by atoms with Crippen LogP contribution in [0.15, 0.2) is 53.7 Å². The first-order chi connectivity index (χ1) is 11.7. The van der Waals surface area contributed by atoms with Crippen molar-refractivity contribution in [2.24, 2.45) is 5.16 Å². The third-order valence-electron chi connectivity index (χ3n) is 3.58. The molecule has 5 nitrogen and oxygen atoms in total. The summed E-state index contributed by atoms with van der Waals surface area (Å²) in [4.78, 5) is 17.6. The van der Waals surface area contributed by atoms with E-state index in [1.54, 1.807) is 24.3 Å². The molecule has 1 aliphatic rings. The summed E-state index contributed by atoms with van der Waals surface area (Å²) in [6, 6.07) is 13.1. The van der Waals surface area contributed by atoms with E-state index in [1.807, 2.05) is 19.1 Å². The van der Waals surface area contributed by atoms with Crippen molar-refractivity contribution in [2.75, 3.05) is 11.9 Å². The summed E-state index contributed by atoms with van der Waals surface area (Å²) < 4.78 is 18.5. The van der Waals surface area contributed by atoms with Crippen LogP contribution >= 0.6 is 0 Å². The lowest BCUT2D eigenvalue weighted by atomic mass is 10.0. The van der Waals surface area contributed by atoms with E-state index in [0.29, 0.717) is 30.2 Å². The smallest absolute Gasteiger partial charge is 0.268 e. The number of hydrogen-bond donors (Lipinski definition) is 1. The van der Waals surface area contributed by atoms with Crippen LogP contribution in [0, 0.1) is 5.82 Å². The molecule has 1 aliphatic heterocycles. The summed E-state index contributed by atoms with van der Waals surface area (Å²) in [6.45, 7) is 2.38. The number of nitrogens with one attached hydrogen (secondary N) is 1. The van der Waals surface area contributed by atoms with Crippen molar-refractivity contribution in [3.8, 4) is 5.75 Å². The minimum Gasteiger partial charge on any atom is -0.492 e. The predicted octanol–water partition coefficient (Wildman–Crippen LogP) is 3.36. The first-order valence-electron chi connectivity index (χ1n) is 7.68. The lowest BCUT2D eigenvalue weighted by Crippen LogP contribution is -2.28. The summed E-state index contributed by atoms with van der Waals surface area (Å²) in [5, 5.41) is 6.74. The van der Waals surface area contributed by atoms with Gasteiger partial charge in [-0.1, -0.05) is 29.4 Å². The molecule has 0 radical (unpaired) electrons. The Hall–Kier alpha value is -2.89. The highest BCUT2D eigenvalue weighted by atomic mass is 19.1. The molecule has 124 valence electrons. The summed E-state index contributed by atoms with van der Waals surface area (Å²) >= 11 is 0. The molecule has 2 aromatic rings. The van der Waals surface area contributed by atoms with Gasteiger partial charge >= 0.3 is 0 Å². The lowest BCUT2D eigenvalue weighted by molar-refractivity contribution is -0.125. The Bertz CT molecular complexity index is 759. The number of para-hydroxylation sites is 2. The van der Waals surface area contributed by atoms with E-state index in [0.717, 1.165) is 5.56 Å². The molecule has 0 spiro atoms. The summed E-state index contributed by atoms with van der Waals surface area (Å²) in [5.74, 6) is -0.0193. The molecular weight excluding hydrogens is 311 g/mol. The molecule has 1 N–H and O–H groups in total. The molecule has 0 fully saturated rings. The average Bonchev–Trinajstić information content (AvgIpc) is 3.08. The second-order valence-electron chi connectivity index (χ2n) is 5.26. The number of oxime groups is 1. The second kappa shape index (κ2) is 7.12. The fourth-order valence-corrected chi connectivity index (χ4v) is 2.40. The van der Waals surface area contributed by atoms with Gasteiger partial charge in [-0.25, -0.2) is 4.39 Å². The Kier molecular flexibility index (Phi) is 4.74. The van der Waals surface area contributed by atoms with E-state index in [4.69, 9.17) is 9.57 Å². The first kappa shape index (κ1) is 16.0. The van der Waals surface area contributed by atoms with Gasteiger partial charge in [-0.2, -0.15) is 0 Å². The highest BCUT2D eigenvalue weighted by Gasteiger charge is 2.29. The minimum atomic E-state index is -0.722. The summed E-state index contributed by atoms with van der Waals surface area (Å²) in [7, 11) is 0. The number of carbonyl (C=O) groups is 1. The van der Waals surface area contributed by atoms with Crippen molar-refractivity contribution in [2.45, 2.75) is 19.4 Å². The van der Waals surface area contributed by atoms with Crippen LogP contribution in [0.1, 0.15) is 18.9 Å². The molecular formula is C18H17FN2O3. The zero-order valence-electron chi connectivity index (χ0n) is 13.2. The Balaban J connectivity index is 1.65. The number of halogens is 1. The van der Waals surface area contributed by atoms with Crippen LogP contribution in [0.4, 0.5) is 10.1 Å². The van der Waals surface area contributed by atoms with Gasteiger partial charge in [0, 0.05) is 6.42 Å². The number of nitrogens with zero attached hydrogens (tertiary/aromatic N) is 1. The molecule has 0 aliphatic carbocycles. The van der Waals surface area contributed by atoms with Crippen molar-refractivity contribution in [3.05, 3.63) is 59.9 Å². The third-order valence-corrected chi connectivity index (χ3v) is 3.58. The molecule has 0 saturated carbocycles. The molecule has 0 unspecified atom stereocenters. The molecule has 3 rings (SSSR count). The molecule has 0 aromatic heterocycles. The number of rotatable bonds is 5.